The second-order valence-electron chi connectivity index (χ2n) is 5.21. The number of hydrogen-bond acceptors (Lipinski definition) is 4. The fourth-order valence-corrected chi connectivity index (χ4v) is 3.05. The van der Waals surface area contributed by atoms with Crippen LogP contribution in [-0.2, 0) is 0 Å². The molecule has 2 aromatic heterocycles. The Morgan fingerprint density at radius 2 is 2.00 bits per heavy atom. The highest BCUT2D eigenvalue weighted by atomic mass is 79.9. The van der Waals surface area contributed by atoms with Crippen LogP contribution in [0, 0.1) is 0 Å². The molecule has 1 amide bonds. The predicted octanol–water partition coefficient (Wildman–Crippen LogP) is 2.48. The van der Waals surface area contributed by atoms with Crippen LogP contribution in [0.2, 0.25) is 0 Å². The number of amides is 1. The maximum Gasteiger partial charge on any atom is 0.404 e. The number of imidazole rings is 1. The standard InChI is InChI=1S/C13H16BrN5O2/c14-10-7-15-12-6-5-11(18-19(10)12)16-8-1-3-9(4-2-8)17-13(20)21/h5-9,17H,1-4H2,(H,16,18)(H,20,21)/t8-,9-. The van der Waals surface area contributed by atoms with Crippen molar-refractivity contribution in [3.63, 3.8) is 0 Å². The van der Waals surface area contributed by atoms with Gasteiger partial charge < -0.3 is 15.7 Å². The summed E-state index contributed by atoms with van der Waals surface area (Å²) in [7, 11) is 0. The van der Waals surface area contributed by atoms with Crippen molar-refractivity contribution >= 4 is 33.5 Å². The second-order valence-corrected chi connectivity index (χ2v) is 6.02. The van der Waals surface area contributed by atoms with Gasteiger partial charge in [-0.25, -0.2) is 14.3 Å². The quantitative estimate of drug-likeness (QED) is 0.788. The molecule has 1 aliphatic rings. The first kappa shape index (κ1) is 14.1. The zero-order valence-corrected chi connectivity index (χ0v) is 12.9. The van der Waals surface area contributed by atoms with Crippen molar-refractivity contribution in [3.05, 3.63) is 22.9 Å². The van der Waals surface area contributed by atoms with Crippen LogP contribution >= 0.6 is 15.9 Å². The molecule has 0 atom stereocenters. The molecule has 0 bridgehead atoms. The zero-order valence-electron chi connectivity index (χ0n) is 11.3. The van der Waals surface area contributed by atoms with E-state index in [4.69, 9.17) is 5.11 Å². The van der Waals surface area contributed by atoms with Gasteiger partial charge in [0, 0.05) is 12.1 Å². The minimum Gasteiger partial charge on any atom is -0.465 e. The summed E-state index contributed by atoms with van der Waals surface area (Å²) >= 11 is 3.40. The Morgan fingerprint density at radius 3 is 2.71 bits per heavy atom. The number of aromatic nitrogens is 3. The number of carbonyl (C=O) groups is 1. The third kappa shape index (κ3) is 3.26. The van der Waals surface area contributed by atoms with Crippen molar-refractivity contribution in [1.82, 2.24) is 19.9 Å². The highest BCUT2D eigenvalue weighted by molar-refractivity contribution is 9.10. The molecule has 0 spiro atoms. The van der Waals surface area contributed by atoms with Gasteiger partial charge in [0.1, 0.15) is 10.4 Å². The second kappa shape index (κ2) is 5.88. The molecule has 112 valence electrons. The third-order valence-electron chi connectivity index (χ3n) is 3.73. The number of halogens is 1. The molecule has 1 saturated carbocycles. The van der Waals surface area contributed by atoms with Gasteiger partial charge >= 0.3 is 6.09 Å². The van der Waals surface area contributed by atoms with Gasteiger partial charge in [-0.3, -0.25) is 0 Å². The molecule has 0 unspecified atom stereocenters. The van der Waals surface area contributed by atoms with Gasteiger partial charge in [-0.2, -0.15) is 0 Å². The number of nitrogens with zero attached hydrogens (tertiary/aromatic N) is 3. The Morgan fingerprint density at radius 1 is 1.29 bits per heavy atom. The topological polar surface area (TPSA) is 91.5 Å². The van der Waals surface area contributed by atoms with Gasteiger partial charge in [0.2, 0.25) is 0 Å². The van der Waals surface area contributed by atoms with Crippen LogP contribution in [0.1, 0.15) is 25.7 Å². The average Bonchev–Trinajstić information content (AvgIpc) is 2.82. The minimum absolute atomic E-state index is 0.0683. The first-order valence-corrected chi connectivity index (χ1v) is 7.67. The van der Waals surface area contributed by atoms with Gasteiger partial charge in [0.25, 0.3) is 0 Å². The van der Waals surface area contributed by atoms with E-state index in [0.717, 1.165) is 41.8 Å². The lowest BCUT2D eigenvalue weighted by atomic mass is 9.91. The lowest BCUT2D eigenvalue weighted by Gasteiger charge is -2.29. The number of fused-ring (bicyclic) bond motifs is 1. The highest BCUT2D eigenvalue weighted by Gasteiger charge is 2.22. The summed E-state index contributed by atoms with van der Waals surface area (Å²) < 4.78 is 2.55. The van der Waals surface area contributed by atoms with Crippen LogP contribution in [0.5, 0.6) is 0 Å². The van der Waals surface area contributed by atoms with E-state index in [-0.39, 0.29) is 6.04 Å². The summed E-state index contributed by atoms with van der Waals surface area (Å²) in [5, 5.41) is 19.2. The lowest BCUT2D eigenvalue weighted by Crippen LogP contribution is -2.39. The predicted molar refractivity (Wildman–Crippen MR) is 81.5 cm³/mol. The summed E-state index contributed by atoms with van der Waals surface area (Å²) in [4.78, 5) is 14.8. The monoisotopic (exact) mass is 353 g/mol. The van der Waals surface area contributed by atoms with Crippen LogP contribution in [-0.4, -0.2) is 37.9 Å². The van der Waals surface area contributed by atoms with E-state index < -0.39 is 6.09 Å². The molecule has 7 nitrogen and oxygen atoms in total. The maximum atomic E-state index is 10.6. The smallest absolute Gasteiger partial charge is 0.404 e. The van der Waals surface area contributed by atoms with E-state index in [1.165, 1.54) is 0 Å². The number of rotatable bonds is 3. The molecule has 2 aromatic rings. The van der Waals surface area contributed by atoms with E-state index in [9.17, 15) is 4.79 Å². The Balaban J connectivity index is 1.61. The third-order valence-corrected chi connectivity index (χ3v) is 4.27. The molecule has 2 heterocycles. The van der Waals surface area contributed by atoms with E-state index >= 15 is 0 Å². The van der Waals surface area contributed by atoms with Crippen LogP contribution in [0.3, 0.4) is 0 Å². The fourth-order valence-electron chi connectivity index (χ4n) is 2.69. The Hall–Kier alpha value is -1.83. The zero-order chi connectivity index (χ0) is 14.8. The van der Waals surface area contributed by atoms with Crippen molar-refractivity contribution in [3.8, 4) is 0 Å². The van der Waals surface area contributed by atoms with E-state index in [2.05, 4.69) is 36.6 Å². The lowest BCUT2D eigenvalue weighted by molar-refractivity contribution is 0.185. The van der Waals surface area contributed by atoms with E-state index in [0.29, 0.717) is 6.04 Å². The van der Waals surface area contributed by atoms with Crippen LogP contribution in [0.15, 0.2) is 22.9 Å². The summed E-state index contributed by atoms with van der Waals surface area (Å²) in [6, 6.07) is 4.22. The van der Waals surface area contributed by atoms with E-state index in [1.54, 1.807) is 10.7 Å². The Labute approximate surface area is 129 Å². The number of carboxylic acid groups (broad SMARTS) is 1. The van der Waals surface area contributed by atoms with Crippen molar-refractivity contribution < 1.29 is 9.90 Å². The van der Waals surface area contributed by atoms with E-state index in [1.807, 2.05) is 12.1 Å². The molecule has 0 aromatic carbocycles. The Bertz CT molecular complexity index is 651. The molecule has 3 N–H and O–H groups in total. The average molecular weight is 354 g/mol. The first-order valence-electron chi connectivity index (χ1n) is 6.88. The number of hydrogen-bond donors (Lipinski definition) is 3. The van der Waals surface area contributed by atoms with Crippen molar-refractivity contribution in [2.75, 3.05) is 5.32 Å². The summed E-state index contributed by atoms with van der Waals surface area (Å²) in [5.74, 6) is 0.802. The first-order chi connectivity index (χ1) is 10.1. The molecular formula is C13H16BrN5O2. The number of nitrogens with one attached hydrogen (secondary N) is 2. The van der Waals surface area contributed by atoms with Crippen LogP contribution in [0.4, 0.5) is 10.6 Å². The highest BCUT2D eigenvalue weighted by Crippen LogP contribution is 2.22. The van der Waals surface area contributed by atoms with Crippen molar-refractivity contribution in [1.29, 1.82) is 0 Å². The summed E-state index contributed by atoms with van der Waals surface area (Å²) in [6.07, 6.45) is 4.33. The minimum atomic E-state index is -0.941. The van der Waals surface area contributed by atoms with Crippen molar-refractivity contribution in [2.45, 2.75) is 37.8 Å². The SMILES string of the molecule is O=C(O)N[C@H]1CC[C@H](Nc2ccc3ncc(Br)n3n2)CC1. The van der Waals surface area contributed by atoms with Gasteiger partial charge in [0.05, 0.1) is 6.20 Å². The van der Waals surface area contributed by atoms with Crippen LogP contribution < -0.4 is 10.6 Å². The fraction of sp³-hybridized carbons (Fsp3) is 0.462. The van der Waals surface area contributed by atoms with Gasteiger partial charge in [-0.1, -0.05) is 0 Å². The molecule has 1 aliphatic carbocycles. The normalized spacial score (nSPS) is 22.1. The molecule has 21 heavy (non-hydrogen) atoms. The Kier molecular flexibility index (Phi) is 3.96. The summed E-state index contributed by atoms with van der Waals surface area (Å²) in [6.45, 7) is 0. The maximum absolute atomic E-state index is 10.6. The largest absolute Gasteiger partial charge is 0.465 e. The molecule has 1 fully saturated rings. The molecule has 3 rings (SSSR count). The van der Waals surface area contributed by atoms with Crippen LogP contribution in [0.25, 0.3) is 5.65 Å². The number of anilines is 1. The molecule has 0 saturated heterocycles. The van der Waals surface area contributed by atoms with Gasteiger partial charge in [-0.15, -0.1) is 5.10 Å². The van der Waals surface area contributed by atoms with Crippen molar-refractivity contribution in [2.24, 2.45) is 0 Å². The van der Waals surface area contributed by atoms with Gasteiger partial charge in [-0.05, 0) is 53.7 Å². The summed E-state index contributed by atoms with van der Waals surface area (Å²) in [5.41, 5.74) is 0.793. The molecule has 8 heteroatoms. The molecule has 0 radical (unpaired) electrons. The molecule has 0 aliphatic heterocycles. The van der Waals surface area contributed by atoms with Gasteiger partial charge in [0.15, 0.2) is 5.65 Å². The molecular weight excluding hydrogens is 338 g/mol.